The molecule has 2 fully saturated rings. The molecule has 0 aromatic heterocycles. The van der Waals surface area contributed by atoms with Gasteiger partial charge in [0.1, 0.15) is 11.9 Å². The molecule has 1 aromatic carbocycles. The molecule has 2 amide bonds. The largest absolute Gasteiger partial charge is 0.442 e. The van der Waals surface area contributed by atoms with Gasteiger partial charge in [-0.3, -0.25) is 9.69 Å². The lowest BCUT2D eigenvalue weighted by molar-refractivity contribution is -0.324. The zero-order valence-electron chi connectivity index (χ0n) is 16.9. The second-order valence-corrected chi connectivity index (χ2v) is 7.23. The first-order chi connectivity index (χ1) is 14.1. The molecule has 1 aromatic rings. The molecule has 0 bridgehead atoms. The van der Waals surface area contributed by atoms with Gasteiger partial charge in [-0.2, -0.15) is 8.78 Å². The van der Waals surface area contributed by atoms with Gasteiger partial charge in [-0.15, -0.1) is 0 Å². The predicted octanol–water partition coefficient (Wildman–Crippen LogP) is 2.12. The average molecular weight is 431 g/mol. The van der Waals surface area contributed by atoms with Crippen molar-refractivity contribution in [3.63, 3.8) is 0 Å². The Kier molecular flexibility index (Phi) is 6.14. The first kappa shape index (κ1) is 22.2. The van der Waals surface area contributed by atoms with E-state index in [4.69, 9.17) is 14.2 Å². The fourth-order valence-electron chi connectivity index (χ4n) is 3.71. The molecule has 2 aliphatic heterocycles. The molecule has 166 valence electrons. The number of anilines is 2. The van der Waals surface area contributed by atoms with Gasteiger partial charge in [-0.1, -0.05) is 0 Å². The van der Waals surface area contributed by atoms with Crippen molar-refractivity contribution in [1.82, 2.24) is 5.32 Å². The number of benzene rings is 1. The van der Waals surface area contributed by atoms with Crippen LogP contribution in [-0.4, -0.2) is 70.2 Å². The molecule has 30 heavy (non-hydrogen) atoms. The van der Waals surface area contributed by atoms with Gasteiger partial charge in [0.15, 0.2) is 0 Å². The maximum Gasteiger partial charge on any atom is 0.414 e. The highest BCUT2D eigenvalue weighted by Gasteiger charge is 2.58. The predicted molar refractivity (Wildman–Crippen MR) is 101 cm³/mol. The van der Waals surface area contributed by atoms with Gasteiger partial charge in [0, 0.05) is 34.1 Å². The molecular formula is C19H24F3N3O5. The molecule has 1 N–H and O–H groups in total. The van der Waals surface area contributed by atoms with Crippen LogP contribution in [0.4, 0.5) is 29.3 Å². The lowest BCUT2D eigenvalue weighted by Crippen LogP contribution is -2.62. The van der Waals surface area contributed by atoms with E-state index in [1.54, 1.807) is 0 Å². The first-order valence-electron chi connectivity index (χ1n) is 9.37. The number of ether oxygens (including phenoxy) is 3. The summed E-state index contributed by atoms with van der Waals surface area (Å²) >= 11 is 0. The van der Waals surface area contributed by atoms with Crippen molar-refractivity contribution in [2.75, 3.05) is 50.2 Å². The van der Waals surface area contributed by atoms with Crippen molar-refractivity contribution in [3.05, 3.63) is 24.0 Å². The van der Waals surface area contributed by atoms with Crippen LogP contribution in [0, 0.1) is 5.82 Å². The smallest absolute Gasteiger partial charge is 0.414 e. The van der Waals surface area contributed by atoms with Crippen LogP contribution >= 0.6 is 0 Å². The van der Waals surface area contributed by atoms with E-state index < -0.39 is 36.3 Å². The van der Waals surface area contributed by atoms with Gasteiger partial charge in [-0.25, -0.2) is 9.18 Å². The van der Waals surface area contributed by atoms with Crippen LogP contribution in [0.25, 0.3) is 0 Å². The first-order valence-corrected chi connectivity index (χ1v) is 9.37. The number of amides is 2. The van der Waals surface area contributed by atoms with Crippen LogP contribution in [-0.2, 0) is 19.0 Å². The molecular weight excluding hydrogens is 407 g/mol. The Morgan fingerprint density at radius 3 is 2.60 bits per heavy atom. The second kappa shape index (κ2) is 8.31. The number of rotatable bonds is 6. The summed E-state index contributed by atoms with van der Waals surface area (Å²) < 4.78 is 59.0. The lowest BCUT2D eigenvalue weighted by Gasteiger charge is -2.45. The summed E-state index contributed by atoms with van der Waals surface area (Å²) in [6.07, 6.45) is -1.40. The lowest BCUT2D eigenvalue weighted by atomic mass is 9.98. The molecule has 2 aliphatic rings. The number of methoxy groups -OCH3 is 2. The van der Waals surface area contributed by atoms with Crippen LogP contribution in [0.15, 0.2) is 18.2 Å². The summed E-state index contributed by atoms with van der Waals surface area (Å²) in [5.74, 6) is -6.43. The quantitative estimate of drug-likeness (QED) is 0.696. The van der Waals surface area contributed by atoms with Crippen molar-refractivity contribution in [2.24, 2.45) is 0 Å². The van der Waals surface area contributed by atoms with E-state index in [0.29, 0.717) is 0 Å². The van der Waals surface area contributed by atoms with Gasteiger partial charge in [0.25, 0.3) is 0 Å². The molecule has 2 heterocycles. The maximum atomic E-state index is 14.8. The molecule has 0 spiro atoms. The Morgan fingerprint density at radius 2 is 2.03 bits per heavy atom. The van der Waals surface area contributed by atoms with Crippen molar-refractivity contribution >= 4 is 23.4 Å². The van der Waals surface area contributed by atoms with Crippen LogP contribution in [0.5, 0.6) is 0 Å². The molecule has 1 atom stereocenters. The van der Waals surface area contributed by atoms with Gasteiger partial charge in [0.05, 0.1) is 31.0 Å². The van der Waals surface area contributed by atoms with E-state index in [2.05, 4.69) is 5.32 Å². The van der Waals surface area contributed by atoms with Gasteiger partial charge in [0.2, 0.25) is 11.7 Å². The van der Waals surface area contributed by atoms with Crippen LogP contribution in [0.1, 0.15) is 13.3 Å². The van der Waals surface area contributed by atoms with E-state index in [-0.39, 0.29) is 43.3 Å². The Bertz CT molecular complexity index is 819. The van der Waals surface area contributed by atoms with Crippen molar-refractivity contribution in [2.45, 2.75) is 31.2 Å². The van der Waals surface area contributed by atoms with Gasteiger partial charge >= 0.3 is 12.0 Å². The van der Waals surface area contributed by atoms with Crippen molar-refractivity contribution in [3.8, 4) is 0 Å². The average Bonchev–Trinajstić information content (AvgIpc) is 3.06. The summed E-state index contributed by atoms with van der Waals surface area (Å²) in [7, 11) is 2.30. The molecule has 0 unspecified atom stereocenters. The zero-order valence-corrected chi connectivity index (χ0v) is 16.9. The van der Waals surface area contributed by atoms with Crippen molar-refractivity contribution < 1.29 is 37.0 Å². The third-order valence-corrected chi connectivity index (χ3v) is 5.35. The molecule has 8 nitrogen and oxygen atoms in total. The van der Waals surface area contributed by atoms with E-state index in [9.17, 15) is 22.8 Å². The van der Waals surface area contributed by atoms with Gasteiger partial charge < -0.3 is 24.4 Å². The summed E-state index contributed by atoms with van der Waals surface area (Å²) in [5.41, 5.74) is 0.222. The molecule has 0 saturated carbocycles. The van der Waals surface area contributed by atoms with Crippen molar-refractivity contribution in [1.29, 1.82) is 0 Å². The molecule has 2 saturated heterocycles. The zero-order chi connectivity index (χ0) is 22.1. The maximum absolute atomic E-state index is 14.8. The summed E-state index contributed by atoms with van der Waals surface area (Å²) in [6, 6.07) is 3.92. The Labute approximate surface area is 171 Å². The Hall–Kier alpha value is -2.53. The molecule has 3 rings (SSSR count). The number of alkyl halides is 2. The fraction of sp³-hybridized carbons (Fsp3) is 0.579. The minimum absolute atomic E-state index is 0.0124. The highest BCUT2D eigenvalue weighted by molar-refractivity contribution is 5.90. The second-order valence-electron chi connectivity index (χ2n) is 7.23. The van der Waals surface area contributed by atoms with Gasteiger partial charge in [-0.05, 0) is 18.2 Å². The molecule has 0 aliphatic carbocycles. The molecule has 0 radical (unpaired) electrons. The SMILES string of the molecule is COC1(OC)CCN(c2ccc(N3C[C@H](CNC(C)=O)OC3=O)cc2F)CC1(F)F. The minimum atomic E-state index is -3.37. The van der Waals surface area contributed by atoms with Crippen LogP contribution in [0.3, 0.4) is 0 Å². The topological polar surface area (TPSA) is 80.3 Å². The normalized spacial score (nSPS) is 22.7. The van der Waals surface area contributed by atoms with Crippen LogP contribution < -0.4 is 15.1 Å². The number of nitrogens with one attached hydrogen (secondary N) is 1. The van der Waals surface area contributed by atoms with E-state index in [1.807, 2.05) is 0 Å². The molecule has 11 heteroatoms. The Morgan fingerprint density at radius 1 is 1.33 bits per heavy atom. The third kappa shape index (κ3) is 4.04. The number of halogens is 3. The number of hydrogen-bond donors (Lipinski definition) is 1. The standard InChI is InChI=1S/C19H24F3N3O5/c1-12(26)23-9-14-10-25(17(27)30-14)13-4-5-16(15(20)8-13)24-7-6-19(28-2,29-3)18(21,22)11-24/h4-5,8,14H,6-7,9-11H2,1-3H3,(H,23,26)/t14-/m0/s1. The Balaban J connectivity index is 1.73. The number of cyclic esters (lactones) is 1. The number of carbonyl (C=O) groups excluding carboxylic acids is 2. The highest BCUT2D eigenvalue weighted by Crippen LogP contribution is 2.41. The summed E-state index contributed by atoms with van der Waals surface area (Å²) in [6.45, 7) is 0.926. The van der Waals surface area contributed by atoms with E-state index >= 15 is 0 Å². The highest BCUT2D eigenvalue weighted by atomic mass is 19.3. The number of piperidine rings is 1. The number of nitrogens with zero attached hydrogens (tertiary/aromatic N) is 2. The number of carbonyl (C=O) groups is 2. The van der Waals surface area contributed by atoms with E-state index in [0.717, 1.165) is 20.3 Å². The third-order valence-electron chi connectivity index (χ3n) is 5.35. The number of hydrogen-bond acceptors (Lipinski definition) is 6. The minimum Gasteiger partial charge on any atom is -0.442 e. The fourth-order valence-corrected chi connectivity index (χ4v) is 3.71. The van der Waals surface area contributed by atoms with E-state index in [1.165, 1.54) is 28.9 Å². The van der Waals surface area contributed by atoms with Crippen LogP contribution in [0.2, 0.25) is 0 Å². The summed E-state index contributed by atoms with van der Waals surface area (Å²) in [4.78, 5) is 25.5. The monoisotopic (exact) mass is 431 g/mol. The summed E-state index contributed by atoms with van der Waals surface area (Å²) in [5, 5.41) is 2.55.